The standard InChI is InChI=1S/C15H13F3N2O/c1-10(14(21)12(8-19)9-20(2)3)11-5-4-6-13(7-11)15(16,17)18/h4-7,9H,1H2,2-3H3. The highest BCUT2D eigenvalue weighted by molar-refractivity contribution is 6.29. The molecule has 0 aliphatic rings. The molecule has 0 fully saturated rings. The molecule has 1 aromatic carbocycles. The van der Waals surface area contributed by atoms with Gasteiger partial charge < -0.3 is 4.90 Å². The minimum atomic E-state index is -4.50. The van der Waals surface area contributed by atoms with Gasteiger partial charge in [-0.25, -0.2) is 0 Å². The van der Waals surface area contributed by atoms with Crippen LogP contribution in [0.5, 0.6) is 0 Å². The van der Waals surface area contributed by atoms with Crippen LogP contribution in [0.25, 0.3) is 5.57 Å². The third-order valence-electron chi connectivity index (χ3n) is 2.56. The first kappa shape index (κ1) is 16.5. The van der Waals surface area contributed by atoms with Crippen molar-refractivity contribution < 1.29 is 18.0 Å². The minimum absolute atomic E-state index is 0.0368. The quantitative estimate of drug-likeness (QED) is 0.632. The number of Topliss-reactive ketones (excluding diaryl/α,β-unsaturated/α-hetero) is 1. The molecule has 0 unspecified atom stereocenters. The average molecular weight is 294 g/mol. The van der Waals surface area contributed by atoms with Crippen LogP contribution in [0.4, 0.5) is 13.2 Å². The molecule has 0 atom stereocenters. The Labute approximate surface area is 120 Å². The van der Waals surface area contributed by atoms with Crippen molar-refractivity contribution in [1.29, 1.82) is 5.26 Å². The number of benzene rings is 1. The number of allylic oxidation sites excluding steroid dienone is 2. The molecule has 0 aliphatic carbocycles. The monoisotopic (exact) mass is 294 g/mol. The molecular formula is C15H13F3N2O. The molecule has 0 N–H and O–H groups in total. The van der Waals surface area contributed by atoms with Gasteiger partial charge in [-0.05, 0) is 17.7 Å². The lowest BCUT2D eigenvalue weighted by molar-refractivity contribution is -0.137. The van der Waals surface area contributed by atoms with Gasteiger partial charge in [0.05, 0.1) is 5.56 Å². The van der Waals surface area contributed by atoms with Crippen LogP contribution >= 0.6 is 0 Å². The van der Waals surface area contributed by atoms with E-state index in [9.17, 15) is 18.0 Å². The Morgan fingerprint density at radius 3 is 2.48 bits per heavy atom. The summed E-state index contributed by atoms with van der Waals surface area (Å²) in [5.41, 5.74) is -1.18. The second kappa shape index (κ2) is 6.27. The van der Waals surface area contributed by atoms with Gasteiger partial charge in [0.1, 0.15) is 11.6 Å². The van der Waals surface area contributed by atoms with Crippen molar-refractivity contribution in [2.45, 2.75) is 6.18 Å². The van der Waals surface area contributed by atoms with E-state index in [1.165, 1.54) is 23.2 Å². The van der Waals surface area contributed by atoms with Crippen LogP contribution in [0.2, 0.25) is 0 Å². The molecule has 0 radical (unpaired) electrons. The van der Waals surface area contributed by atoms with E-state index < -0.39 is 17.5 Å². The Balaban J connectivity index is 3.15. The molecule has 1 rings (SSSR count). The third-order valence-corrected chi connectivity index (χ3v) is 2.56. The largest absolute Gasteiger partial charge is 0.416 e. The molecule has 6 heteroatoms. The molecule has 3 nitrogen and oxygen atoms in total. The summed E-state index contributed by atoms with van der Waals surface area (Å²) in [5.74, 6) is -0.703. The normalized spacial score (nSPS) is 11.7. The molecule has 0 aliphatic heterocycles. The van der Waals surface area contributed by atoms with Gasteiger partial charge in [-0.3, -0.25) is 4.79 Å². The number of rotatable bonds is 4. The second-order valence-electron chi connectivity index (χ2n) is 4.50. The first-order valence-corrected chi connectivity index (χ1v) is 5.86. The Bertz CT molecular complexity index is 637. The second-order valence-corrected chi connectivity index (χ2v) is 4.50. The molecule has 0 aromatic heterocycles. The molecule has 0 amide bonds. The smallest absolute Gasteiger partial charge is 0.382 e. The van der Waals surface area contributed by atoms with E-state index in [4.69, 9.17) is 5.26 Å². The van der Waals surface area contributed by atoms with Crippen LogP contribution in [-0.2, 0) is 11.0 Å². The summed E-state index contributed by atoms with van der Waals surface area (Å²) in [5, 5.41) is 8.94. The van der Waals surface area contributed by atoms with Crippen LogP contribution < -0.4 is 0 Å². The average Bonchev–Trinajstić information content (AvgIpc) is 2.42. The lowest BCUT2D eigenvalue weighted by Gasteiger charge is -2.10. The van der Waals surface area contributed by atoms with Crippen LogP contribution in [0.3, 0.4) is 0 Å². The summed E-state index contributed by atoms with van der Waals surface area (Å²) in [6, 6.07) is 6.00. The van der Waals surface area contributed by atoms with Gasteiger partial charge in [0, 0.05) is 25.9 Å². The molecule has 0 heterocycles. The van der Waals surface area contributed by atoms with E-state index >= 15 is 0 Å². The predicted molar refractivity (Wildman–Crippen MR) is 72.9 cm³/mol. The van der Waals surface area contributed by atoms with Gasteiger partial charge in [0.2, 0.25) is 5.78 Å². The van der Waals surface area contributed by atoms with Crippen molar-refractivity contribution in [1.82, 2.24) is 4.90 Å². The lowest BCUT2D eigenvalue weighted by atomic mass is 9.97. The molecule has 0 spiro atoms. The van der Waals surface area contributed by atoms with Crippen molar-refractivity contribution >= 4 is 11.4 Å². The van der Waals surface area contributed by atoms with Gasteiger partial charge >= 0.3 is 6.18 Å². The molecule has 0 saturated carbocycles. The summed E-state index contributed by atoms with van der Waals surface area (Å²) in [7, 11) is 3.25. The number of nitriles is 1. The fourth-order valence-electron chi connectivity index (χ4n) is 1.57. The zero-order chi connectivity index (χ0) is 16.2. The van der Waals surface area contributed by atoms with E-state index in [0.717, 1.165) is 12.1 Å². The number of nitrogens with zero attached hydrogens (tertiary/aromatic N) is 2. The Kier molecular flexibility index (Phi) is 4.93. The summed E-state index contributed by atoms with van der Waals surface area (Å²) in [4.78, 5) is 13.6. The number of halogens is 3. The maximum atomic E-state index is 12.6. The Morgan fingerprint density at radius 1 is 1.38 bits per heavy atom. The van der Waals surface area contributed by atoms with Crippen molar-refractivity contribution in [3.63, 3.8) is 0 Å². The third kappa shape index (κ3) is 4.21. The predicted octanol–water partition coefficient (Wildman–Crippen LogP) is 3.26. The molecular weight excluding hydrogens is 281 g/mol. The maximum Gasteiger partial charge on any atom is 0.416 e. The van der Waals surface area contributed by atoms with E-state index in [2.05, 4.69) is 6.58 Å². The van der Waals surface area contributed by atoms with E-state index in [0.29, 0.717) is 0 Å². The zero-order valence-electron chi connectivity index (χ0n) is 11.5. The van der Waals surface area contributed by atoms with Crippen molar-refractivity contribution in [3.05, 3.63) is 53.7 Å². The van der Waals surface area contributed by atoms with Crippen LogP contribution in [0.1, 0.15) is 11.1 Å². The van der Waals surface area contributed by atoms with Gasteiger partial charge in [-0.2, -0.15) is 18.4 Å². The SMILES string of the molecule is C=C(C(=O)C(C#N)=CN(C)C)c1cccc(C(F)(F)F)c1. The first-order chi connectivity index (χ1) is 9.66. The minimum Gasteiger partial charge on any atom is -0.382 e. The van der Waals surface area contributed by atoms with Gasteiger partial charge in [-0.15, -0.1) is 0 Å². The van der Waals surface area contributed by atoms with Crippen LogP contribution in [0.15, 0.2) is 42.6 Å². The number of carbonyl (C=O) groups excluding carboxylic acids is 1. The van der Waals surface area contributed by atoms with Crippen LogP contribution in [-0.4, -0.2) is 24.8 Å². The van der Waals surface area contributed by atoms with E-state index in [-0.39, 0.29) is 16.7 Å². The van der Waals surface area contributed by atoms with Gasteiger partial charge in [0.15, 0.2) is 0 Å². The highest BCUT2D eigenvalue weighted by atomic mass is 19.4. The summed E-state index contributed by atoms with van der Waals surface area (Å²) < 4.78 is 37.9. The topological polar surface area (TPSA) is 44.1 Å². The number of carbonyl (C=O) groups is 1. The van der Waals surface area contributed by atoms with E-state index in [1.54, 1.807) is 20.2 Å². The number of alkyl halides is 3. The van der Waals surface area contributed by atoms with E-state index in [1.807, 2.05) is 0 Å². The lowest BCUT2D eigenvalue weighted by Crippen LogP contribution is -2.10. The Morgan fingerprint density at radius 2 is 2.00 bits per heavy atom. The summed E-state index contributed by atoms with van der Waals surface area (Å²) in [6.45, 7) is 3.50. The van der Waals surface area contributed by atoms with Gasteiger partial charge in [0.25, 0.3) is 0 Å². The van der Waals surface area contributed by atoms with Crippen LogP contribution in [0, 0.1) is 11.3 Å². The molecule has 21 heavy (non-hydrogen) atoms. The number of hydrogen-bond acceptors (Lipinski definition) is 3. The highest BCUT2D eigenvalue weighted by Gasteiger charge is 2.30. The zero-order valence-corrected chi connectivity index (χ0v) is 11.5. The number of hydrogen-bond donors (Lipinski definition) is 0. The maximum absolute atomic E-state index is 12.6. The molecule has 1 aromatic rings. The first-order valence-electron chi connectivity index (χ1n) is 5.86. The summed E-state index contributed by atoms with van der Waals surface area (Å²) >= 11 is 0. The Hall–Kier alpha value is -2.55. The van der Waals surface area contributed by atoms with Crippen molar-refractivity contribution in [2.24, 2.45) is 0 Å². The van der Waals surface area contributed by atoms with Gasteiger partial charge in [-0.1, -0.05) is 18.7 Å². The fraction of sp³-hybridized carbons (Fsp3) is 0.200. The molecule has 0 saturated heterocycles. The number of ketones is 1. The summed E-state index contributed by atoms with van der Waals surface area (Å²) in [6.07, 6.45) is -3.21. The van der Waals surface area contributed by atoms with Crippen molar-refractivity contribution in [3.8, 4) is 6.07 Å². The fourth-order valence-corrected chi connectivity index (χ4v) is 1.57. The molecule has 110 valence electrons. The van der Waals surface area contributed by atoms with Crippen molar-refractivity contribution in [2.75, 3.05) is 14.1 Å². The highest BCUT2D eigenvalue weighted by Crippen LogP contribution is 2.31. The molecule has 0 bridgehead atoms.